The molecule has 0 unspecified atom stereocenters. The van der Waals surface area contributed by atoms with Crippen LogP contribution in [0.2, 0.25) is 0 Å². The molecule has 0 saturated carbocycles. The first-order valence-corrected chi connectivity index (χ1v) is 10.9. The van der Waals surface area contributed by atoms with Crippen LogP contribution in [-0.4, -0.2) is 67.3 Å². The van der Waals surface area contributed by atoms with Gasteiger partial charge in [0.05, 0.1) is 18.4 Å². The minimum Gasteiger partial charge on any atom is -0.475 e. The monoisotopic (exact) mass is 562 g/mol. The van der Waals surface area contributed by atoms with Gasteiger partial charge in [-0.05, 0) is 29.8 Å². The van der Waals surface area contributed by atoms with Gasteiger partial charge in [-0.15, -0.1) is 0 Å². The molecule has 16 heteroatoms. The Morgan fingerprint density at radius 1 is 0.897 bits per heavy atom. The van der Waals surface area contributed by atoms with Crippen molar-refractivity contribution in [2.45, 2.75) is 32.0 Å². The van der Waals surface area contributed by atoms with Crippen LogP contribution >= 0.6 is 0 Å². The summed E-state index contributed by atoms with van der Waals surface area (Å²) in [6.45, 7) is 3.98. The fourth-order valence-corrected chi connectivity index (χ4v) is 3.50. The summed E-state index contributed by atoms with van der Waals surface area (Å²) < 4.78 is 76.6. The summed E-state index contributed by atoms with van der Waals surface area (Å²) in [6.07, 6.45) is -4.55. The minimum atomic E-state index is -5.08. The molecule has 0 spiro atoms. The molecule has 2 N–H and O–H groups in total. The van der Waals surface area contributed by atoms with Gasteiger partial charge in [-0.1, -0.05) is 6.07 Å². The fraction of sp³-hybridized carbons (Fsp3) is 0.304. The highest BCUT2D eigenvalue weighted by Crippen LogP contribution is 2.33. The Kier molecular flexibility index (Phi) is 9.00. The third kappa shape index (κ3) is 8.07. The number of hydrogen-bond acceptors (Lipinski definition) is 7. The van der Waals surface area contributed by atoms with Gasteiger partial charge < -0.3 is 24.3 Å². The number of benzene rings is 1. The van der Waals surface area contributed by atoms with Gasteiger partial charge >= 0.3 is 24.3 Å². The molecule has 0 aliphatic carbocycles. The lowest BCUT2D eigenvalue weighted by molar-refractivity contribution is -0.193. The van der Waals surface area contributed by atoms with Gasteiger partial charge in [0.25, 0.3) is 0 Å². The minimum absolute atomic E-state index is 0.317. The van der Waals surface area contributed by atoms with E-state index in [0.29, 0.717) is 6.79 Å². The maximum Gasteiger partial charge on any atom is 0.490 e. The van der Waals surface area contributed by atoms with Crippen LogP contribution in [0, 0.1) is 0 Å². The van der Waals surface area contributed by atoms with Crippen molar-refractivity contribution in [2.75, 3.05) is 13.3 Å². The van der Waals surface area contributed by atoms with E-state index < -0.39 is 24.3 Å². The first-order chi connectivity index (χ1) is 18.3. The van der Waals surface area contributed by atoms with Crippen LogP contribution in [0.4, 0.5) is 26.3 Å². The van der Waals surface area contributed by atoms with Gasteiger partial charge in [0, 0.05) is 37.6 Å². The number of halogens is 6. The number of alkyl halides is 6. The Morgan fingerprint density at radius 2 is 1.49 bits per heavy atom. The van der Waals surface area contributed by atoms with E-state index in [1.54, 1.807) is 0 Å². The Labute approximate surface area is 216 Å². The normalized spacial score (nSPS) is 14.3. The Morgan fingerprint density at radius 3 is 2.08 bits per heavy atom. The van der Waals surface area contributed by atoms with E-state index in [2.05, 4.69) is 31.6 Å². The highest BCUT2D eigenvalue weighted by atomic mass is 19.4. The number of nitrogens with zero attached hydrogens (tertiary/aromatic N) is 4. The number of hydrogen-bond donors (Lipinski definition) is 2. The van der Waals surface area contributed by atoms with E-state index in [0.717, 1.165) is 49.1 Å². The molecule has 2 aliphatic rings. The number of ether oxygens (including phenoxy) is 2. The second kappa shape index (κ2) is 12.0. The molecule has 210 valence electrons. The van der Waals surface area contributed by atoms with Crippen molar-refractivity contribution < 1.29 is 55.6 Å². The molecule has 0 atom stereocenters. The molecule has 2 aliphatic heterocycles. The second-order valence-corrected chi connectivity index (χ2v) is 7.95. The number of pyridine rings is 1. The number of carboxylic acid groups (broad SMARTS) is 2. The number of imidazole rings is 1. The summed E-state index contributed by atoms with van der Waals surface area (Å²) >= 11 is 0. The van der Waals surface area contributed by atoms with Crippen molar-refractivity contribution in [3.63, 3.8) is 0 Å². The number of fused-ring (bicyclic) bond motifs is 2. The molecule has 3 aromatic rings. The van der Waals surface area contributed by atoms with Crippen LogP contribution in [0.15, 0.2) is 48.9 Å². The quantitative estimate of drug-likeness (QED) is 0.456. The maximum absolute atomic E-state index is 10.6. The van der Waals surface area contributed by atoms with E-state index in [9.17, 15) is 26.3 Å². The van der Waals surface area contributed by atoms with Crippen molar-refractivity contribution in [3.05, 3.63) is 60.3 Å². The summed E-state index contributed by atoms with van der Waals surface area (Å²) in [5.41, 5.74) is 3.57. The van der Waals surface area contributed by atoms with Crippen LogP contribution in [0.3, 0.4) is 0 Å². The van der Waals surface area contributed by atoms with Gasteiger partial charge in [0.2, 0.25) is 6.79 Å². The molecule has 0 bridgehead atoms. The molecular weight excluding hydrogens is 542 g/mol. The highest BCUT2D eigenvalue weighted by Gasteiger charge is 2.38. The molecule has 39 heavy (non-hydrogen) atoms. The molecule has 10 nitrogen and oxygen atoms in total. The van der Waals surface area contributed by atoms with E-state index in [4.69, 9.17) is 29.3 Å². The van der Waals surface area contributed by atoms with Gasteiger partial charge in [0.1, 0.15) is 5.82 Å². The van der Waals surface area contributed by atoms with Crippen molar-refractivity contribution in [3.8, 4) is 22.8 Å². The summed E-state index contributed by atoms with van der Waals surface area (Å²) in [5, 5.41) is 14.2. The fourth-order valence-electron chi connectivity index (χ4n) is 3.50. The predicted octanol–water partition coefficient (Wildman–Crippen LogP) is 3.96. The van der Waals surface area contributed by atoms with Crippen molar-refractivity contribution in [1.29, 1.82) is 0 Å². The predicted molar refractivity (Wildman–Crippen MR) is 120 cm³/mol. The smallest absolute Gasteiger partial charge is 0.475 e. The Balaban J connectivity index is 0.000000251. The van der Waals surface area contributed by atoms with E-state index in [-0.39, 0.29) is 0 Å². The average molecular weight is 562 g/mol. The molecule has 1 aromatic carbocycles. The maximum atomic E-state index is 10.6. The van der Waals surface area contributed by atoms with E-state index >= 15 is 0 Å². The molecular formula is C23H20F6N4O6. The van der Waals surface area contributed by atoms with Gasteiger partial charge in [0.15, 0.2) is 11.5 Å². The molecule has 0 saturated heterocycles. The first kappa shape index (κ1) is 29.2. The first-order valence-electron chi connectivity index (χ1n) is 10.9. The molecule has 0 radical (unpaired) electrons. The third-order valence-corrected chi connectivity index (χ3v) is 5.25. The number of aliphatic carboxylic acids is 2. The number of rotatable bonds is 3. The molecule has 2 aromatic heterocycles. The summed E-state index contributed by atoms with van der Waals surface area (Å²) in [6, 6.07) is 10.2. The van der Waals surface area contributed by atoms with Crippen LogP contribution in [0.25, 0.3) is 11.3 Å². The molecule has 4 heterocycles. The lowest BCUT2D eigenvalue weighted by atomic mass is 10.1. The van der Waals surface area contributed by atoms with Gasteiger partial charge in [-0.25, -0.2) is 14.6 Å². The lowest BCUT2D eigenvalue weighted by Crippen LogP contribution is -2.33. The van der Waals surface area contributed by atoms with Gasteiger partial charge in [-0.2, -0.15) is 26.3 Å². The van der Waals surface area contributed by atoms with Crippen molar-refractivity contribution in [1.82, 2.24) is 19.4 Å². The average Bonchev–Trinajstić information content (AvgIpc) is 3.50. The molecule has 5 rings (SSSR count). The Bertz CT molecular complexity index is 1270. The topological polar surface area (TPSA) is 127 Å². The zero-order chi connectivity index (χ0) is 28.8. The lowest BCUT2D eigenvalue weighted by Gasteiger charge is -2.28. The van der Waals surface area contributed by atoms with E-state index in [1.165, 1.54) is 11.3 Å². The molecule has 0 fully saturated rings. The number of aromatic nitrogens is 3. The largest absolute Gasteiger partial charge is 0.490 e. The summed E-state index contributed by atoms with van der Waals surface area (Å²) in [5.74, 6) is -2.73. The zero-order valence-electron chi connectivity index (χ0n) is 19.7. The number of carboxylic acids is 2. The standard InChI is InChI=1S/C19H18N4O2.2C2HF3O2/c1-2-17-18(25-13-24-17)9-14(1)11-22-7-8-23-16(10-21-19(23)12-22)15-3-5-20-6-4-15;2*3-2(4,5)1(6)7/h1-6,9-10H,7-8,11-13H2;2*(H,6,7). The second-order valence-electron chi connectivity index (χ2n) is 7.95. The van der Waals surface area contributed by atoms with Gasteiger partial charge in [-0.3, -0.25) is 9.88 Å². The zero-order valence-corrected chi connectivity index (χ0v) is 19.7. The van der Waals surface area contributed by atoms with E-state index in [1.807, 2.05) is 36.8 Å². The van der Waals surface area contributed by atoms with Crippen LogP contribution in [0.5, 0.6) is 11.5 Å². The van der Waals surface area contributed by atoms with Crippen molar-refractivity contribution in [2.24, 2.45) is 0 Å². The molecule has 0 amide bonds. The summed E-state index contributed by atoms with van der Waals surface area (Å²) in [7, 11) is 0. The number of carbonyl (C=O) groups is 2. The van der Waals surface area contributed by atoms with Crippen LogP contribution < -0.4 is 9.47 Å². The van der Waals surface area contributed by atoms with Crippen LogP contribution in [0.1, 0.15) is 11.4 Å². The van der Waals surface area contributed by atoms with Crippen LogP contribution in [-0.2, 0) is 29.2 Å². The third-order valence-electron chi connectivity index (χ3n) is 5.25. The highest BCUT2D eigenvalue weighted by molar-refractivity contribution is 5.73. The SMILES string of the molecule is O=C(O)C(F)(F)F.O=C(O)C(F)(F)F.c1cc(-c2cnc3n2CCN(Cc2ccc4c(c2)OCO4)C3)ccn1. The summed E-state index contributed by atoms with van der Waals surface area (Å²) in [4.78, 5) is 28.9. The van der Waals surface area contributed by atoms with Crippen molar-refractivity contribution >= 4 is 11.9 Å². The Hall–Kier alpha value is -4.34.